The fourth-order valence-corrected chi connectivity index (χ4v) is 3.02. The van der Waals surface area contributed by atoms with Gasteiger partial charge in [0, 0.05) is 6.54 Å². The first-order valence-electron chi connectivity index (χ1n) is 8.68. The van der Waals surface area contributed by atoms with Gasteiger partial charge in [-0.15, -0.1) is 0 Å². The molecule has 4 heteroatoms. The highest BCUT2D eigenvalue weighted by atomic mass is 16.5. The fraction of sp³-hybridized carbons (Fsp3) is 0.381. The molecule has 1 aliphatic rings. The van der Waals surface area contributed by atoms with Crippen LogP contribution in [0.1, 0.15) is 31.4 Å². The second-order valence-corrected chi connectivity index (χ2v) is 7.06. The number of rotatable bonds is 5. The molecule has 1 aliphatic heterocycles. The molecule has 2 aromatic rings. The van der Waals surface area contributed by atoms with Crippen molar-refractivity contribution in [2.24, 2.45) is 0 Å². The monoisotopic (exact) mass is 339 g/mol. The van der Waals surface area contributed by atoms with E-state index in [1.165, 1.54) is 5.56 Å². The van der Waals surface area contributed by atoms with Gasteiger partial charge >= 0.3 is 0 Å². The zero-order valence-electron chi connectivity index (χ0n) is 15.3. The van der Waals surface area contributed by atoms with Crippen molar-refractivity contribution >= 4 is 11.6 Å². The van der Waals surface area contributed by atoms with Crippen LogP contribution in [-0.2, 0) is 4.79 Å². The van der Waals surface area contributed by atoms with Crippen LogP contribution in [0.25, 0.3) is 0 Å². The van der Waals surface area contributed by atoms with E-state index in [0.29, 0.717) is 13.2 Å². The average Bonchev–Trinajstić information content (AvgIpc) is 2.55. The van der Waals surface area contributed by atoms with Crippen molar-refractivity contribution in [2.75, 3.05) is 18.1 Å². The number of carbonyl (C=O) groups is 1. The second-order valence-electron chi connectivity index (χ2n) is 7.06. The Kier molecular flexibility index (Phi) is 4.71. The summed E-state index contributed by atoms with van der Waals surface area (Å²) in [6, 6.07) is 13.9. The molecule has 0 spiro atoms. The zero-order chi connectivity index (χ0) is 18.0. The highest BCUT2D eigenvalue weighted by molar-refractivity contribution is 6.02. The van der Waals surface area contributed by atoms with Crippen molar-refractivity contribution in [1.82, 2.24) is 0 Å². The molecule has 0 fully saturated rings. The number of ether oxygens (including phenoxy) is 2. The summed E-state index contributed by atoms with van der Waals surface area (Å²) in [4.78, 5) is 14.6. The molecular formula is C21H25NO3. The lowest BCUT2D eigenvalue weighted by Gasteiger charge is -2.39. The average molecular weight is 339 g/mol. The Balaban J connectivity index is 1.68. The van der Waals surface area contributed by atoms with Crippen LogP contribution in [0.3, 0.4) is 0 Å². The molecule has 0 unspecified atom stereocenters. The third-order valence-electron chi connectivity index (χ3n) is 4.31. The van der Waals surface area contributed by atoms with Crippen LogP contribution in [0.2, 0.25) is 0 Å². The summed E-state index contributed by atoms with van der Waals surface area (Å²) in [6.07, 6.45) is 0.753. The molecule has 4 nitrogen and oxygen atoms in total. The SMILES string of the molecule is Cc1cccc(OCCCN2C(=O)C(C)(C)Oc3ccc(C)cc32)c1. The molecule has 0 radical (unpaired) electrons. The fourth-order valence-electron chi connectivity index (χ4n) is 3.02. The number of nitrogens with zero attached hydrogens (tertiary/aromatic N) is 1. The van der Waals surface area contributed by atoms with E-state index in [4.69, 9.17) is 9.47 Å². The lowest BCUT2D eigenvalue weighted by molar-refractivity contribution is -0.132. The first-order chi connectivity index (χ1) is 11.9. The minimum Gasteiger partial charge on any atom is -0.494 e. The van der Waals surface area contributed by atoms with E-state index >= 15 is 0 Å². The summed E-state index contributed by atoms with van der Waals surface area (Å²) in [7, 11) is 0. The summed E-state index contributed by atoms with van der Waals surface area (Å²) < 4.78 is 11.7. The van der Waals surface area contributed by atoms with Crippen molar-refractivity contribution in [3.63, 3.8) is 0 Å². The van der Waals surface area contributed by atoms with Gasteiger partial charge in [0.2, 0.25) is 0 Å². The Labute approximate surface area is 149 Å². The van der Waals surface area contributed by atoms with Crippen LogP contribution in [-0.4, -0.2) is 24.7 Å². The van der Waals surface area contributed by atoms with Crippen molar-refractivity contribution in [2.45, 2.75) is 39.7 Å². The summed E-state index contributed by atoms with van der Waals surface area (Å²) in [5.41, 5.74) is 2.28. The first kappa shape index (κ1) is 17.3. The van der Waals surface area contributed by atoms with E-state index in [1.54, 1.807) is 0 Å². The highest BCUT2D eigenvalue weighted by Gasteiger charge is 2.40. The van der Waals surface area contributed by atoms with Crippen LogP contribution < -0.4 is 14.4 Å². The van der Waals surface area contributed by atoms with E-state index in [0.717, 1.165) is 29.2 Å². The molecule has 0 saturated heterocycles. The molecule has 1 heterocycles. The summed E-state index contributed by atoms with van der Waals surface area (Å²) in [5.74, 6) is 1.61. The van der Waals surface area contributed by atoms with Gasteiger partial charge in [0.05, 0.1) is 12.3 Å². The third-order valence-corrected chi connectivity index (χ3v) is 4.31. The van der Waals surface area contributed by atoms with Crippen LogP contribution >= 0.6 is 0 Å². The smallest absolute Gasteiger partial charge is 0.270 e. The highest BCUT2D eigenvalue weighted by Crippen LogP contribution is 2.38. The number of fused-ring (bicyclic) bond motifs is 1. The number of anilines is 1. The molecule has 3 rings (SSSR count). The van der Waals surface area contributed by atoms with Gasteiger partial charge in [-0.05, 0) is 69.5 Å². The minimum absolute atomic E-state index is 0.0128. The van der Waals surface area contributed by atoms with Crippen LogP contribution in [0, 0.1) is 13.8 Å². The van der Waals surface area contributed by atoms with Crippen LogP contribution in [0.5, 0.6) is 11.5 Å². The number of hydrogen-bond acceptors (Lipinski definition) is 3. The molecular weight excluding hydrogens is 314 g/mol. The zero-order valence-corrected chi connectivity index (χ0v) is 15.3. The quantitative estimate of drug-likeness (QED) is 0.763. The lowest BCUT2D eigenvalue weighted by atomic mass is 10.0. The van der Waals surface area contributed by atoms with Crippen LogP contribution in [0.15, 0.2) is 42.5 Å². The Hall–Kier alpha value is -2.49. The molecule has 1 amide bonds. The summed E-state index contributed by atoms with van der Waals surface area (Å²) in [5, 5.41) is 0. The molecule has 0 aromatic heterocycles. The molecule has 0 bridgehead atoms. The Morgan fingerprint density at radius 3 is 2.60 bits per heavy atom. The predicted octanol–water partition coefficient (Wildman–Crippen LogP) is 4.28. The van der Waals surface area contributed by atoms with Gasteiger partial charge in [-0.1, -0.05) is 18.2 Å². The van der Waals surface area contributed by atoms with E-state index in [2.05, 4.69) is 0 Å². The van der Waals surface area contributed by atoms with Gasteiger partial charge in [-0.3, -0.25) is 4.79 Å². The number of aryl methyl sites for hydroxylation is 2. The van der Waals surface area contributed by atoms with E-state index in [1.807, 2.05) is 75.1 Å². The van der Waals surface area contributed by atoms with Crippen molar-refractivity contribution in [1.29, 1.82) is 0 Å². The Morgan fingerprint density at radius 2 is 1.84 bits per heavy atom. The number of benzene rings is 2. The predicted molar refractivity (Wildman–Crippen MR) is 99.5 cm³/mol. The molecule has 0 atom stereocenters. The largest absolute Gasteiger partial charge is 0.494 e. The lowest BCUT2D eigenvalue weighted by Crippen LogP contribution is -2.52. The minimum atomic E-state index is -0.848. The van der Waals surface area contributed by atoms with Crippen LogP contribution in [0.4, 0.5) is 5.69 Å². The summed E-state index contributed by atoms with van der Waals surface area (Å²) in [6.45, 7) is 8.86. The normalized spacial score (nSPS) is 15.5. The third kappa shape index (κ3) is 3.78. The van der Waals surface area contributed by atoms with Crippen molar-refractivity contribution in [3.05, 3.63) is 53.6 Å². The Morgan fingerprint density at radius 1 is 1.08 bits per heavy atom. The maximum Gasteiger partial charge on any atom is 0.270 e. The molecule has 2 aromatic carbocycles. The van der Waals surface area contributed by atoms with Gasteiger partial charge in [0.15, 0.2) is 5.60 Å². The van der Waals surface area contributed by atoms with Crippen molar-refractivity contribution < 1.29 is 14.3 Å². The number of amides is 1. The maximum atomic E-state index is 12.8. The molecule has 132 valence electrons. The molecule has 0 aliphatic carbocycles. The maximum absolute atomic E-state index is 12.8. The van der Waals surface area contributed by atoms with Gasteiger partial charge in [-0.2, -0.15) is 0 Å². The first-order valence-corrected chi connectivity index (χ1v) is 8.68. The van der Waals surface area contributed by atoms with E-state index < -0.39 is 5.60 Å². The number of hydrogen-bond donors (Lipinski definition) is 0. The van der Waals surface area contributed by atoms with Gasteiger partial charge < -0.3 is 14.4 Å². The van der Waals surface area contributed by atoms with Gasteiger partial charge in [0.1, 0.15) is 11.5 Å². The topological polar surface area (TPSA) is 38.8 Å². The van der Waals surface area contributed by atoms with E-state index in [9.17, 15) is 4.79 Å². The van der Waals surface area contributed by atoms with Crippen molar-refractivity contribution in [3.8, 4) is 11.5 Å². The number of carbonyl (C=O) groups excluding carboxylic acids is 1. The Bertz CT molecular complexity index is 782. The van der Waals surface area contributed by atoms with E-state index in [-0.39, 0.29) is 5.91 Å². The second kappa shape index (κ2) is 6.79. The standard InChI is InChI=1S/C21H25NO3/c1-15-7-5-8-17(13-15)24-12-6-11-22-18-14-16(2)9-10-19(18)25-21(3,4)20(22)23/h5,7-10,13-14H,6,11-12H2,1-4H3. The molecule has 0 saturated carbocycles. The summed E-state index contributed by atoms with van der Waals surface area (Å²) >= 11 is 0. The van der Waals surface area contributed by atoms with Gasteiger partial charge in [-0.25, -0.2) is 0 Å². The molecule has 25 heavy (non-hydrogen) atoms. The van der Waals surface area contributed by atoms with Gasteiger partial charge in [0.25, 0.3) is 5.91 Å². The molecule has 0 N–H and O–H groups in total.